The van der Waals surface area contributed by atoms with Crippen LogP contribution in [0.2, 0.25) is 49.7 Å². The monoisotopic (exact) mass is 510 g/mol. The second-order valence-corrected chi connectivity index (χ2v) is 40.9. The van der Waals surface area contributed by atoms with E-state index in [0.29, 0.717) is 0 Å². The smallest absolute Gasteiger partial charge is 0.147 e. The fraction of sp³-hybridized carbons (Fsp3) is 0.636. The largest absolute Gasteiger partial charge is 0.147 e. The minimum atomic E-state index is -2.85. The van der Waals surface area contributed by atoms with Crippen LogP contribution >= 0.6 is 24.8 Å². The van der Waals surface area contributed by atoms with E-state index < -0.39 is 30.2 Å². The summed E-state index contributed by atoms with van der Waals surface area (Å²) in [5.74, 6) is 0. The van der Waals surface area contributed by atoms with Crippen LogP contribution in [0.15, 0.2) is 41.4 Å². The fourth-order valence-electron chi connectivity index (χ4n) is 4.68. The van der Waals surface area contributed by atoms with Crippen LogP contribution in [0.1, 0.15) is 39.5 Å². The molecule has 162 valence electrons. The van der Waals surface area contributed by atoms with Gasteiger partial charge in [0.15, 0.2) is 0 Å². The zero-order valence-corrected chi connectivity index (χ0v) is 26.6. The second-order valence-electron chi connectivity index (χ2n) is 11.6. The Bertz CT molecular complexity index is 748. The summed E-state index contributed by atoms with van der Waals surface area (Å²) >= 11 is -2.85. The average molecular weight is 512 g/mol. The first-order valence-corrected chi connectivity index (χ1v) is 26.2. The van der Waals surface area contributed by atoms with Gasteiger partial charge in [0.25, 0.3) is 0 Å². The maximum absolute atomic E-state index is 2.85. The number of halogens is 2. The topological polar surface area (TPSA) is 0 Å². The van der Waals surface area contributed by atoms with E-state index >= 15 is 0 Å². The third-order valence-corrected chi connectivity index (χ3v) is 22.4. The van der Waals surface area contributed by atoms with Crippen LogP contribution in [0.4, 0.5) is 0 Å². The summed E-state index contributed by atoms with van der Waals surface area (Å²) in [6.45, 7) is 19.9. The van der Waals surface area contributed by atoms with Crippen molar-refractivity contribution in [2.45, 2.75) is 89.3 Å². The Kier molecular flexibility index (Phi) is 9.48. The van der Waals surface area contributed by atoms with Crippen molar-refractivity contribution in [3.05, 3.63) is 41.4 Å². The maximum Gasteiger partial charge on any atom is -0.147 e. The quantitative estimate of drug-likeness (QED) is 0.318. The van der Waals surface area contributed by atoms with Gasteiger partial charge in [-0.25, -0.2) is 0 Å². The molecule has 0 spiro atoms. The Morgan fingerprint density at radius 3 is 1.25 bits per heavy atom. The molecule has 0 aliphatic heterocycles. The molecule has 0 atom stereocenters. The minimum absolute atomic E-state index is 0. The number of rotatable bonds is 6. The molecule has 0 heterocycles. The van der Waals surface area contributed by atoms with E-state index in [4.69, 9.17) is 0 Å². The van der Waals surface area contributed by atoms with E-state index in [9.17, 15) is 0 Å². The van der Waals surface area contributed by atoms with Gasteiger partial charge >= 0.3 is 169 Å². The Hall–Kier alpha value is 0.905. The van der Waals surface area contributed by atoms with Gasteiger partial charge < -0.3 is 0 Å². The summed E-state index contributed by atoms with van der Waals surface area (Å²) < 4.78 is 3.82. The minimum Gasteiger partial charge on any atom is -0.147 e. The van der Waals surface area contributed by atoms with Gasteiger partial charge in [-0.15, -0.1) is 24.8 Å². The molecule has 2 aliphatic carbocycles. The van der Waals surface area contributed by atoms with Crippen LogP contribution in [-0.2, 0) is 14.0 Å². The van der Waals surface area contributed by atoms with Crippen LogP contribution in [0, 0.1) is 0 Å². The number of allylic oxidation sites excluding steroid dienone is 8. The van der Waals surface area contributed by atoms with Crippen molar-refractivity contribution in [1.82, 2.24) is 0 Å². The third kappa shape index (κ3) is 5.58. The summed E-state index contributed by atoms with van der Waals surface area (Å²) in [5.41, 5.74) is 3.42. The molecular weight excluding hydrogens is 467 g/mol. The molecule has 0 fully saturated rings. The van der Waals surface area contributed by atoms with Crippen LogP contribution in [-0.4, -0.2) is 23.8 Å². The summed E-state index contributed by atoms with van der Waals surface area (Å²) in [4.78, 5) is 0. The average Bonchev–Trinajstić information content (AvgIpc) is 3.10. The Balaban J connectivity index is 0.00000364. The predicted molar refractivity (Wildman–Crippen MR) is 141 cm³/mol. The van der Waals surface area contributed by atoms with Crippen molar-refractivity contribution >= 4 is 48.6 Å². The summed E-state index contributed by atoms with van der Waals surface area (Å²) in [6.07, 6.45) is 10.3. The van der Waals surface area contributed by atoms with Crippen LogP contribution in [0.25, 0.3) is 0 Å². The first kappa shape index (κ1) is 28.9. The summed E-state index contributed by atoms with van der Waals surface area (Å²) in [5, 5.41) is 9.05. The molecule has 2 aliphatic rings. The van der Waals surface area contributed by atoms with E-state index in [1.54, 1.807) is 21.5 Å². The molecule has 0 saturated carbocycles. The van der Waals surface area contributed by atoms with Crippen molar-refractivity contribution in [2.24, 2.45) is 0 Å². The SMILES string of the molecule is CCC1=[C]([Ti]([CH3])([CH3])(=[SiH2])[C]2=C(CC)C=C([Si](C)(C)C)C2)CC([Si](C)(C)C)=C1.Cl.Cl. The van der Waals surface area contributed by atoms with E-state index in [1.165, 1.54) is 25.7 Å². The second kappa shape index (κ2) is 9.18. The zero-order valence-electron chi connectivity index (χ0n) is 20.0. The third-order valence-electron chi connectivity index (χ3n) is 6.83. The standard InChI is InChI=1S/2C10H17Si.2CH3.2ClH.H2Si.Ti/c2*1-5-9-6-7-10(8-9)11(2,3)4;;;;;;/h2*8H,5,7H2,1-4H3;2*1H3;2*1H;1H2;. The van der Waals surface area contributed by atoms with Crippen LogP contribution in [0.3, 0.4) is 0 Å². The normalized spacial score (nSPS) is 18.7. The van der Waals surface area contributed by atoms with Gasteiger partial charge in [0, 0.05) is 0 Å². The molecule has 0 unspecified atom stereocenters. The van der Waals surface area contributed by atoms with Gasteiger partial charge in [-0.1, -0.05) is 0 Å². The van der Waals surface area contributed by atoms with Crippen molar-refractivity contribution in [3.8, 4) is 0 Å². The molecule has 6 heteroatoms. The van der Waals surface area contributed by atoms with Gasteiger partial charge in [0.05, 0.1) is 0 Å². The van der Waals surface area contributed by atoms with Gasteiger partial charge in [-0.3, -0.25) is 0 Å². The van der Waals surface area contributed by atoms with Crippen LogP contribution < -0.4 is 0 Å². The van der Waals surface area contributed by atoms with Crippen LogP contribution in [0.5, 0.6) is 0 Å². The predicted octanol–water partition coefficient (Wildman–Crippen LogP) is 7.91. The van der Waals surface area contributed by atoms with E-state index in [0.717, 1.165) is 0 Å². The first-order chi connectivity index (χ1) is 11.6. The summed E-state index contributed by atoms with van der Waals surface area (Å²) in [6, 6.07) is 0. The van der Waals surface area contributed by atoms with E-state index in [-0.39, 0.29) is 24.8 Å². The van der Waals surface area contributed by atoms with Gasteiger partial charge in [0.1, 0.15) is 0 Å². The number of hydrogen-bond acceptors (Lipinski definition) is 0. The van der Waals surface area contributed by atoms with E-state index in [1.807, 2.05) is 7.76 Å². The Labute approximate surface area is 192 Å². The molecular formula is C22H44Cl2Si3Ti. The van der Waals surface area contributed by atoms with Crippen molar-refractivity contribution in [2.75, 3.05) is 0 Å². The molecule has 0 N–H and O–H groups in total. The molecule has 0 aromatic heterocycles. The molecule has 0 nitrogen and oxygen atoms in total. The van der Waals surface area contributed by atoms with Gasteiger partial charge in [-0.05, 0) is 0 Å². The molecule has 0 radical (unpaired) electrons. The van der Waals surface area contributed by atoms with Gasteiger partial charge in [-0.2, -0.15) is 0 Å². The molecule has 2 rings (SSSR count). The summed E-state index contributed by atoms with van der Waals surface area (Å²) in [7, 11) is 0.0227. The Morgan fingerprint density at radius 2 is 1.04 bits per heavy atom. The zero-order chi connectivity index (χ0) is 20.2. The maximum atomic E-state index is 2.73. The van der Waals surface area contributed by atoms with E-state index in [2.05, 4.69) is 83.4 Å². The first-order valence-electron chi connectivity index (χ1n) is 10.5. The molecule has 0 bridgehead atoms. The molecule has 28 heavy (non-hydrogen) atoms. The van der Waals surface area contributed by atoms with Crippen molar-refractivity contribution in [3.63, 3.8) is 0 Å². The molecule has 0 aromatic carbocycles. The van der Waals surface area contributed by atoms with Crippen molar-refractivity contribution < 1.29 is 14.0 Å². The van der Waals surface area contributed by atoms with Crippen molar-refractivity contribution in [1.29, 1.82) is 0 Å². The number of hydrogen-bond donors (Lipinski definition) is 0. The molecule has 0 aromatic rings. The molecule has 0 saturated heterocycles. The Morgan fingerprint density at radius 1 is 0.750 bits per heavy atom. The molecule has 0 amide bonds. The fourth-order valence-corrected chi connectivity index (χ4v) is 17.7. The van der Waals surface area contributed by atoms with Gasteiger partial charge in [0.2, 0.25) is 0 Å².